The summed E-state index contributed by atoms with van der Waals surface area (Å²) in [6.07, 6.45) is 3.09. The Labute approximate surface area is 113 Å². The molecular formula is C13H12BrFN2O. The van der Waals surface area contributed by atoms with E-state index in [1.165, 1.54) is 12.1 Å². The average Bonchev–Trinajstić information content (AvgIpc) is 2.78. The highest BCUT2D eigenvalue weighted by atomic mass is 79.9. The van der Waals surface area contributed by atoms with Gasteiger partial charge in [-0.15, -0.1) is 0 Å². The molecule has 0 radical (unpaired) electrons. The largest absolute Gasteiger partial charge is 0.334 e. The van der Waals surface area contributed by atoms with E-state index in [1.54, 1.807) is 6.07 Å². The number of hydrogen-bond acceptors (Lipinski definition) is 2. The molecule has 0 aliphatic heterocycles. The van der Waals surface area contributed by atoms with Gasteiger partial charge in [-0.25, -0.2) is 4.39 Å². The van der Waals surface area contributed by atoms with Crippen LogP contribution in [0, 0.1) is 17.1 Å². The molecule has 94 valence electrons. The third-order valence-corrected chi connectivity index (χ3v) is 3.69. The summed E-state index contributed by atoms with van der Waals surface area (Å²) in [6.45, 7) is 0. The van der Waals surface area contributed by atoms with Crippen molar-refractivity contribution in [2.45, 2.75) is 31.2 Å². The van der Waals surface area contributed by atoms with Crippen LogP contribution in [0.15, 0.2) is 22.7 Å². The Hall–Kier alpha value is -1.41. The number of nitrogens with zero attached hydrogens (tertiary/aromatic N) is 1. The van der Waals surface area contributed by atoms with E-state index in [1.807, 2.05) is 0 Å². The lowest BCUT2D eigenvalue weighted by molar-refractivity contribution is 0.0916. The van der Waals surface area contributed by atoms with Crippen molar-refractivity contribution in [1.29, 1.82) is 5.26 Å². The first-order chi connectivity index (χ1) is 8.56. The zero-order chi connectivity index (χ0) is 13.2. The first kappa shape index (κ1) is 13.0. The van der Waals surface area contributed by atoms with E-state index in [0.717, 1.165) is 12.8 Å². The third kappa shape index (κ3) is 2.54. The van der Waals surface area contributed by atoms with Crippen molar-refractivity contribution < 1.29 is 9.18 Å². The number of benzene rings is 1. The number of nitrogens with one attached hydrogen (secondary N) is 1. The minimum absolute atomic E-state index is 0.0280. The predicted molar refractivity (Wildman–Crippen MR) is 68.4 cm³/mol. The van der Waals surface area contributed by atoms with Gasteiger partial charge in [-0.1, -0.05) is 15.9 Å². The highest BCUT2D eigenvalue weighted by Crippen LogP contribution is 2.29. The van der Waals surface area contributed by atoms with Crippen LogP contribution in [0.2, 0.25) is 0 Å². The smallest absolute Gasteiger partial charge is 0.255 e. The van der Waals surface area contributed by atoms with E-state index < -0.39 is 17.3 Å². The molecule has 1 amide bonds. The van der Waals surface area contributed by atoms with E-state index >= 15 is 0 Å². The fourth-order valence-electron chi connectivity index (χ4n) is 2.20. The molecule has 18 heavy (non-hydrogen) atoms. The van der Waals surface area contributed by atoms with Gasteiger partial charge in [0.25, 0.3) is 5.91 Å². The number of nitriles is 1. The van der Waals surface area contributed by atoms with Gasteiger partial charge in [-0.2, -0.15) is 5.26 Å². The van der Waals surface area contributed by atoms with Gasteiger partial charge in [0.2, 0.25) is 0 Å². The standard InChI is InChI=1S/C13H12BrFN2O/c14-9-3-4-10(11(15)7-9)12(18)17-13(8-16)5-1-2-6-13/h3-4,7H,1-2,5-6H2,(H,17,18). The van der Waals surface area contributed by atoms with Gasteiger partial charge in [0.15, 0.2) is 0 Å². The van der Waals surface area contributed by atoms with Crippen molar-refractivity contribution in [3.63, 3.8) is 0 Å². The Morgan fingerprint density at radius 3 is 2.67 bits per heavy atom. The van der Waals surface area contributed by atoms with Gasteiger partial charge in [0.1, 0.15) is 11.4 Å². The van der Waals surface area contributed by atoms with Crippen molar-refractivity contribution in [3.8, 4) is 6.07 Å². The fraction of sp³-hybridized carbons (Fsp3) is 0.385. The molecule has 0 unspecified atom stereocenters. The molecule has 1 N–H and O–H groups in total. The molecule has 0 aromatic heterocycles. The minimum Gasteiger partial charge on any atom is -0.334 e. The Balaban J connectivity index is 2.19. The summed E-state index contributed by atoms with van der Waals surface area (Å²) in [5, 5.41) is 11.8. The van der Waals surface area contributed by atoms with Gasteiger partial charge in [-0.3, -0.25) is 4.79 Å². The van der Waals surface area contributed by atoms with E-state index in [4.69, 9.17) is 5.26 Å². The Morgan fingerprint density at radius 1 is 1.44 bits per heavy atom. The lowest BCUT2D eigenvalue weighted by Gasteiger charge is -2.22. The van der Waals surface area contributed by atoms with Crippen molar-refractivity contribution >= 4 is 21.8 Å². The molecule has 1 aromatic carbocycles. The lowest BCUT2D eigenvalue weighted by atomic mass is 9.99. The van der Waals surface area contributed by atoms with E-state index in [9.17, 15) is 9.18 Å². The highest BCUT2D eigenvalue weighted by Gasteiger charge is 2.36. The van der Waals surface area contributed by atoms with Crippen molar-refractivity contribution in [2.75, 3.05) is 0 Å². The monoisotopic (exact) mass is 310 g/mol. The van der Waals surface area contributed by atoms with Crippen molar-refractivity contribution in [2.24, 2.45) is 0 Å². The maximum absolute atomic E-state index is 13.6. The topological polar surface area (TPSA) is 52.9 Å². The summed E-state index contributed by atoms with van der Waals surface area (Å²) < 4.78 is 14.2. The molecule has 1 saturated carbocycles. The molecule has 0 spiro atoms. The number of amides is 1. The van der Waals surface area contributed by atoms with Crippen molar-refractivity contribution in [3.05, 3.63) is 34.1 Å². The van der Waals surface area contributed by atoms with E-state index in [0.29, 0.717) is 17.3 Å². The van der Waals surface area contributed by atoms with Crippen molar-refractivity contribution in [1.82, 2.24) is 5.32 Å². The van der Waals surface area contributed by atoms with Crippen LogP contribution in [0.1, 0.15) is 36.0 Å². The Morgan fingerprint density at radius 2 is 2.11 bits per heavy atom. The zero-order valence-corrected chi connectivity index (χ0v) is 11.3. The van der Waals surface area contributed by atoms with Gasteiger partial charge in [0.05, 0.1) is 11.6 Å². The number of halogens is 2. The molecule has 3 nitrogen and oxygen atoms in total. The molecule has 1 aliphatic rings. The molecule has 0 heterocycles. The molecular weight excluding hydrogens is 299 g/mol. The van der Waals surface area contributed by atoms with Crippen LogP contribution < -0.4 is 5.32 Å². The Kier molecular flexibility index (Phi) is 3.67. The average molecular weight is 311 g/mol. The highest BCUT2D eigenvalue weighted by molar-refractivity contribution is 9.10. The second kappa shape index (κ2) is 5.07. The summed E-state index contributed by atoms with van der Waals surface area (Å²) in [6, 6.07) is 6.40. The minimum atomic E-state index is -0.823. The lowest BCUT2D eigenvalue weighted by Crippen LogP contribution is -2.45. The summed E-state index contributed by atoms with van der Waals surface area (Å²) in [4.78, 5) is 12.0. The van der Waals surface area contributed by atoms with Crippen LogP contribution >= 0.6 is 15.9 Å². The van der Waals surface area contributed by atoms with E-state index in [2.05, 4.69) is 27.3 Å². The van der Waals surface area contributed by atoms with Gasteiger partial charge >= 0.3 is 0 Å². The molecule has 0 saturated heterocycles. The molecule has 1 fully saturated rings. The number of hydrogen-bond donors (Lipinski definition) is 1. The maximum atomic E-state index is 13.6. The van der Waals surface area contributed by atoms with Crippen LogP contribution in [0.5, 0.6) is 0 Å². The van der Waals surface area contributed by atoms with Crippen LogP contribution in [0.4, 0.5) is 4.39 Å². The molecule has 0 atom stereocenters. The second-order valence-corrected chi connectivity index (χ2v) is 5.39. The fourth-order valence-corrected chi connectivity index (χ4v) is 2.53. The quantitative estimate of drug-likeness (QED) is 0.912. The van der Waals surface area contributed by atoms with E-state index in [-0.39, 0.29) is 5.56 Å². The van der Waals surface area contributed by atoms with Gasteiger partial charge in [0, 0.05) is 4.47 Å². The molecule has 2 rings (SSSR count). The van der Waals surface area contributed by atoms with Crippen LogP contribution in [-0.4, -0.2) is 11.4 Å². The van der Waals surface area contributed by atoms with Crippen LogP contribution in [0.3, 0.4) is 0 Å². The van der Waals surface area contributed by atoms with Gasteiger partial charge in [-0.05, 0) is 43.9 Å². The first-order valence-corrected chi connectivity index (χ1v) is 6.54. The molecule has 1 aliphatic carbocycles. The zero-order valence-electron chi connectivity index (χ0n) is 9.67. The molecule has 5 heteroatoms. The summed E-state index contributed by atoms with van der Waals surface area (Å²) in [5.41, 5.74) is -0.851. The summed E-state index contributed by atoms with van der Waals surface area (Å²) >= 11 is 3.13. The number of carbonyl (C=O) groups excluding carboxylic acids is 1. The van der Waals surface area contributed by atoms with Gasteiger partial charge < -0.3 is 5.32 Å². The number of rotatable bonds is 2. The maximum Gasteiger partial charge on any atom is 0.255 e. The predicted octanol–water partition coefficient (Wildman–Crippen LogP) is 3.15. The van der Waals surface area contributed by atoms with Crippen LogP contribution in [0.25, 0.3) is 0 Å². The SMILES string of the molecule is N#CC1(NC(=O)c2ccc(Br)cc2F)CCCC1. The summed E-state index contributed by atoms with van der Waals surface area (Å²) in [7, 11) is 0. The number of carbonyl (C=O) groups is 1. The summed E-state index contributed by atoms with van der Waals surface area (Å²) in [5.74, 6) is -1.11. The third-order valence-electron chi connectivity index (χ3n) is 3.20. The Bertz CT molecular complexity index is 518. The molecule has 1 aromatic rings. The van der Waals surface area contributed by atoms with Crippen LogP contribution in [-0.2, 0) is 0 Å². The first-order valence-electron chi connectivity index (χ1n) is 5.75. The normalized spacial score (nSPS) is 17.2. The second-order valence-electron chi connectivity index (χ2n) is 4.48. The molecule has 0 bridgehead atoms.